The van der Waals surface area contributed by atoms with Crippen molar-refractivity contribution in [2.75, 3.05) is 0 Å². The van der Waals surface area contributed by atoms with Crippen LogP contribution >= 0.6 is 0 Å². The fraction of sp³-hybridized carbons (Fsp3) is 0.867. The second-order valence-corrected chi connectivity index (χ2v) is 5.97. The van der Waals surface area contributed by atoms with Crippen LogP contribution in [0.5, 0.6) is 0 Å². The number of terminal acetylenes is 1. The van der Waals surface area contributed by atoms with E-state index in [-0.39, 0.29) is 6.04 Å². The van der Waals surface area contributed by atoms with E-state index in [0.717, 1.165) is 6.42 Å². The van der Waals surface area contributed by atoms with Gasteiger partial charge in [0.05, 0.1) is 6.04 Å². The molecule has 1 heteroatoms. The number of nitrogens with one attached hydrogen (secondary N) is 1. The normalized spacial score (nSPS) is 26.8. The zero-order valence-corrected chi connectivity index (χ0v) is 11.2. The molecular formula is C15H27N. The minimum absolute atomic E-state index is 0.288. The summed E-state index contributed by atoms with van der Waals surface area (Å²) >= 11 is 0. The van der Waals surface area contributed by atoms with Crippen LogP contribution in [0.4, 0.5) is 0 Å². The third-order valence-corrected chi connectivity index (χ3v) is 3.79. The summed E-state index contributed by atoms with van der Waals surface area (Å²) in [5.41, 5.74) is 0.535. The molecule has 0 aromatic carbocycles. The average Bonchev–Trinajstić information content (AvgIpc) is 2.40. The van der Waals surface area contributed by atoms with Gasteiger partial charge in [0.25, 0.3) is 0 Å². The van der Waals surface area contributed by atoms with Gasteiger partial charge in [0, 0.05) is 6.04 Å². The Morgan fingerprint density at radius 1 is 1.38 bits per heavy atom. The van der Waals surface area contributed by atoms with Gasteiger partial charge in [-0.3, -0.25) is 0 Å². The van der Waals surface area contributed by atoms with Gasteiger partial charge in [-0.1, -0.05) is 39.5 Å². The summed E-state index contributed by atoms with van der Waals surface area (Å²) in [5.74, 6) is 2.88. The van der Waals surface area contributed by atoms with E-state index < -0.39 is 0 Å². The van der Waals surface area contributed by atoms with E-state index in [1.165, 1.54) is 38.5 Å². The van der Waals surface area contributed by atoms with Gasteiger partial charge in [-0.05, 0) is 37.5 Å². The first-order valence-electron chi connectivity index (χ1n) is 6.79. The quantitative estimate of drug-likeness (QED) is 0.563. The molecule has 1 fully saturated rings. The molecule has 2 unspecified atom stereocenters. The first-order valence-corrected chi connectivity index (χ1v) is 6.79. The maximum Gasteiger partial charge on any atom is 0.0688 e. The lowest BCUT2D eigenvalue weighted by molar-refractivity contribution is 0.308. The summed E-state index contributed by atoms with van der Waals surface area (Å²) < 4.78 is 0. The van der Waals surface area contributed by atoms with Crippen molar-refractivity contribution in [2.24, 2.45) is 5.41 Å². The SMILES string of the molecule is C#CC(CCC)NC1CCCC(C)(C)CC1. The highest BCUT2D eigenvalue weighted by atomic mass is 14.9. The van der Waals surface area contributed by atoms with Gasteiger partial charge < -0.3 is 5.32 Å². The molecule has 0 aromatic rings. The van der Waals surface area contributed by atoms with E-state index in [4.69, 9.17) is 6.42 Å². The largest absolute Gasteiger partial charge is 0.301 e. The maximum absolute atomic E-state index is 5.56. The summed E-state index contributed by atoms with van der Waals surface area (Å²) in [6, 6.07) is 0.936. The Morgan fingerprint density at radius 3 is 2.75 bits per heavy atom. The summed E-state index contributed by atoms with van der Waals surface area (Å²) in [6.07, 6.45) is 14.4. The van der Waals surface area contributed by atoms with Crippen molar-refractivity contribution in [3.05, 3.63) is 0 Å². The van der Waals surface area contributed by atoms with Crippen molar-refractivity contribution >= 4 is 0 Å². The summed E-state index contributed by atoms with van der Waals surface area (Å²) in [6.45, 7) is 6.97. The first-order chi connectivity index (χ1) is 7.57. The molecule has 1 aliphatic carbocycles. The van der Waals surface area contributed by atoms with Crippen molar-refractivity contribution in [3.63, 3.8) is 0 Å². The molecule has 92 valence electrons. The predicted octanol–water partition coefficient (Wildman–Crippen LogP) is 3.74. The summed E-state index contributed by atoms with van der Waals surface area (Å²) in [4.78, 5) is 0. The second kappa shape index (κ2) is 6.30. The second-order valence-electron chi connectivity index (χ2n) is 5.97. The van der Waals surface area contributed by atoms with Crippen LogP contribution in [0, 0.1) is 17.8 Å². The summed E-state index contributed by atoms with van der Waals surface area (Å²) in [5, 5.41) is 3.65. The third-order valence-electron chi connectivity index (χ3n) is 3.79. The average molecular weight is 221 g/mol. The van der Waals surface area contributed by atoms with Crippen LogP contribution in [-0.4, -0.2) is 12.1 Å². The molecule has 0 spiro atoms. The molecular weight excluding hydrogens is 194 g/mol. The Labute approximate surface area is 101 Å². The number of hydrogen-bond acceptors (Lipinski definition) is 1. The smallest absolute Gasteiger partial charge is 0.0688 e. The van der Waals surface area contributed by atoms with Gasteiger partial charge in [-0.2, -0.15) is 0 Å². The van der Waals surface area contributed by atoms with Crippen LogP contribution in [0.3, 0.4) is 0 Å². The highest BCUT2D eigenvalue weighted by Gasteiger charge is 2.24. The Morgan fingerprint density at radius 2 is 2.12 bits per heavy atom. The first kappa shape index (κ1) is 13.6. The van der Waals surface area contributed by atoms with Crippen molar-refractivity contribution in [1.82, 2.24) is 5.32 Å². The highest BCUT2D eigenvalue weighted by molar-refractivity contribution is 5.00. The number of hydrogen-bond donors (Lipinski definition) is 1. The lowest BCUT2D eigenvalue weighted by Gasteiger charge is -2.23. The molecule has 16 heavy (non-hydrogen) atoms. The molecule has 0 saturated heterocycles. The fourth-order valence-electron chi connectivity index (χ4n) is 2.62. The van der Waals surface area contributed by atoms with Crippen LogP contribution in [-0.2, 0) is 0 Å². The van der Waals surface area contributed by atoms with Crippen LogP contribution < -0.4 is 5.32 Å². The minimum Gasteiger partial charge on any atom is -0.301 e. The van der Waals surface area contributed by atoms with E-state index >= 15 is 0 Å². The van der Waals surface area contributed by atoms with E-state index in [1.54, 1.807) is 0 Å². The minimum atomic E-state index is 0.288. The van der Waals surface area contributed by atoms with Crippen molar-refractivity contribution in [3.8, 4) is 12.3 Å². The molecule has 0 heterocycles. The zero-order chi connectivity index (χ0) is 12.0. The molecule has 1 saturated carbocycles. The topological polar surface area (TPSA) is 12.0 Å². The monoisotopic (exact) mass is 221 g/mol. The molecule has 1 N–H and O–H groups in total. The predicted molar refractivity (Wildman–Crippen MR) is 71.3 cm³/mol. The molecule has 1 nitrogen and oxygen atoms in total. The van der Waals surface area contributed by atoms with Crippen LogP contribution in [0.15, 0.2) is 0 Å². The van der Waals surface area contributed by atoms with Crippen molar-refractivity contribution in [2.45, 2.75) is 77.8 Å². The molecule has 0 aromatic heterocycles. The van der Waals surface area contributed by atoms with Crippen LogP contribution in [0.25, 0.3) is 0 Å². The Balaban J connectivity index is 2.40. The van der Waals surface area contributed by atoms with Gasteiger partial charge in [0.15, 0.2) is 0 Å². The van der Waals surface area contributed by atoms with Gasteiger partial charge >= 0.3 is 0 Å². The van der Waals surface area contributed by atoms with Gasteiger partial charge in [-0.25, -0.2) is 0 Å². The zero-order valence-electron chi connectivity index (χ0n) is 11.2. The fourth-order valence-corrected chi connectivity index (χ4v) is 2.62. The third kappa shape index (κ3) is 4.58. The lowest BCUT2D eigenvalue weighted by Crippen LogP contribution is -2.37. The Hall–Kier alpha value is -0.480. The van der Waals surface area contributed by atoms with Gasteiger partial charge in [-0.15, -0.1) is 6.42 Å². The Bertz CT molecular complexity index is 236. The van der Waals surface area contributed by atoms with Gasteiger partial charge in [0.1, 0.15) is 0 Å². The maximum atomic E-state index is 5.56. The Kier molecular flexibility index (Phi) is 5.35. The van der Waals surface area contributed by atoms with Crippen molar-refractivity contribution < 1.29 is 0 Å². The molecule has 0 bridgehead atoms. The standard InChI is InChI=1S/C15H27N/c1-5-8-13(6-2)16-14-9-7-11-15(3,4)12-10-14/h2,13-14,16H,5,7-12H2,1,3-4H3. The van der Waals surface area contributed by atoms with E-state index in [9.17, 15) is 0 Å². The van der Waals surface area contributed by atoms with E-state index in [0.29, 0.717) is 11.5 Å². The van der Waals surface area contributed by atoms with E-state index in [2.05, 4.69) is 32.0 Å². The summed E-state index contributed by atoms with van der Waals surface area (Å²) in [7, 11) is 0. The van der Waals surface area contributed by atoms with Crippen LogP contribution in [0.1, 0.15) is 65.7 Å². The highest BCUT2D eigenvalue weighted by Crippen LogP contribution is 2.33. The molecule has 1 aliphatic rings. The molecule has 2 atom stereocenters. The number of rotatable bonds is 4. The molecule has 0 radical (unpaired) electrons. The lowest BCUT2D eigenvalue weighted by atomic mass is 9.85. The van der Waals surface area contributed by atoms with Crippen molar-refractivity contribution in [1.29, 1.82) is 0 Å². The molecule has 1 rings (SSSR count). The van der Waals surface area contributed by atoms with Gasteiger partial charge in [0.2, 0.25) is 0 Å². The molecule has 0 aliphatic heterocycles. The molecule has 0 amide bonds. The van der Waals surface area contributed by atoms with Crippen LogP contribution in [0.2, 0.25) is 0 Å². The van der Waals surface area contributed by atoms with E-state index in [1.807, 2.05) is 0 Å².